The van der Waals surface area contributed by atoms with Gasteiger partial charge in [0.05, 0.1) is 23.9 Å². The largest absolute Gasteiger partial charge is 0.374 e. The smallest absolute Gasteiger partial charge is 0.257 e. The number of anilines is 2. The van der Waals surface area contributed by atoms with Gasteiger partial charge in [0.1, 0.15) is 0 Å². The molecule has 0 aliphatic carbocycles. The maximum atomic E-state index is 11.9. The Morgan fingerprint density at radius 1 is 1.13 bits per heavy atom. The molecular formula is C25H25N3O2. The summed E-state index contributed by atoms with van der Waals surface area (Å²) in [6.45, 7) is 6.14. The van der Waals surface area contributed by atoms with E-state index < -0.39 is 5.91 Å². The normalized spacial score (nSPS) is 10.2. The summed E-state index contributed by atoms with van der Waals surface area (Å²) < 4.78 is 0. The number of nitriles is 1. The highest BCUT2D eigenvalue weighted by Gasteiger charge is 2.11. The molecule has 0 heterocycles. The van der Waals surface area contributed by atoms with Crippen molar-refractivity contribution in [2.75, 3.05) is 16.8 Å². The lowest BCUT2D eigenvalue weighted by Crippen LogP contribution is -2.27. The molecule has 0 aromatic heterocycles. The van der Waals surface area contributed by atoms with Gasteiger partial charge in [-0.15, -0.1) is 6.42 Å². The Kier molecular flexibility index (Phi) is 10.5. The van der Waals surface area contributed by atoms with E-state index in [0.29, 0.717) is 24.2 Å². The van der Waals surface area contributed by atoms with Crippen LogP contribution in [0.2, 0.25) is 0 Å². The van der Waals surface area contributed by atoms with Crippen LogP contribution in [0.3, 0.4) is 0 Å². The number of hydrogen-bond donors (Lipinski definition) is 1. The van der Waals surface area contributed by atoms with E-state index in [1.54, 1.807) is 43.3 Å². The molecule has 2 rings (SSSR count). The van der Waals surface area contributed by atoms with Crippen LogP contribution >= 0.6 is 0 Å². The molecule has 5 heteroatoms. The number of nitrogens with zero attached hydrogens (tertiary/aromatic N) is 2. The number of carbonyl (C=O) groups excluding carboxylic acids is 2. The lowest BCUT2D eigenvalue weighted by molar-refractivity contribution is -0.118. The van der Waals surface area contributed by atoms with Crippen LogP contribution in [0.5, 0.6) is 0 Å². The minimum atomic E-state index is -0.419. The van der Waals surface area contributed by atoms with Crippen LogP contribution in [0, 0.1) is 23.7 Å². The number of allylic oxidation sites excluding steroid dienone is 2. The Hall–Kier alpha value is -4.09. The van der Waals surface area contributed by atoms with E-state index in [4.69, 9.17) is 6.42 Å². The van der Waals surface area contributed by atoms with Crippen molar-refractivity contribution in [3.05, 3.63) is 71.8 Å². The Balaban J connectivity index is 0.00000218. The van der Waals surface area contributed by atoms with Crippen molar-refractivity contribution in [2.24, 2.45) is 0 Å². The zero-order valence-electron chi connectivity index (χ0n) is 17.4. The fourth-order valence-electron chi connectivity index (χ4n) is 2.46. The molecule has 5 nitrogen and oxygen atoms in total. The molecule has 2 amide bonds. The summed E-state index contributed by atoms with van der Waals surface area (Å²) in [6, 6.07) is 16.4. The summed E-state index contributed by atoms with van der Waals surface area (Å²) in [5, 5.41) is 12.6. The van der Waals surface area contributed by atoms with Crippen molar-refractivity contribution in [3.63, 3.8) is 0 Å². The summed E-state index contributed by atoms with van der Waals surface area (Å²) in [4.78, 5) is 24.1. The van der Waals surface area contributed by atoms with Crippen molar-refractivity contribution < 1.29 is 9.59 Å². The maximum absolute atomic E-state index is 11.9. The van der Waals surface area contributed by atoms with Crippen molar-refractivity contribution in [3.8, 4) is 18.4 Å². The molecule has 2 aromatic carbocycles. The van der Waals surface area contributed by atoms with Gasteiger partial charge >= 0.3 is 0 Å². The zero-order chi connectivity index (χ0) is 22.4. The first-order chi connectivity index (χ1) is 14.6. The van der Waals surface area contributed by atoms with Crippen LogP contribution in [0.15, 0.2) is 60.7 Å². The van der Waals surface area contributed by atoms with Crippen molar-refractivity contribution in [1.82, 2.24) is 0 Å². The third-order valence-electron chi connectivity index (χ3n) is 3.85. The molecule has 152 valence electrons. The summed E-state index contributed by atoms with van der Waals surface area (Å²) in [6.07, 6.45) is 10.3. The number of nitrogens with one attached hydrogen (secondary N) is 1. The quantitative estimate of drug-likeness (QED) is 0.237. The van der Waals surface area contributed by atoms with Crippen molar-refractivity contribution >= 4 is 35.3 Å². The van der Waals surface area contributed by atoms with Gasteiger partial charge in [0.15, 0.2) is 0 Å². The van der Waals surface area contributed by atoms with Gasteiger partial charge < -0.3 is 5.32 Å². The first-order valence-electron chi connectivity index (χ1n) is 9.53. The molecule has 1 N–H and O–H groups in total. The third-order valence-corrected chi connectivity index (χ3v) is 3.85. The predicted molar refractivity (Wildman–Crippen MR) is 123 cm³/mol. The van der Waals surface area contributed by atoms with Crippen molar-refractivity contribution in [1.29, 1.82) is 5.26 Å². The van der Waals surface area contributed by atoms with Crippen LogP contribution < -0.4 is 10.2 Å². The Morgan fingerprint density at radius 2 is 1.77 bits per heavy atom. The monoisotopic (exact) mass is 399 g/mol. The third kappa shape index (κ3) is 6.82. The van der Waals surface area contributed by atoms with Crippen LogP contribution in [0.25, 0.3) is 11.6 Å². The highest BCUT2D eigenvalue weighted by Crippen LogP contribution is 2.22. The molecule has 0 bridgehead atoms. The number of terminal acetylenes is 1. The zero-order valence-corrected chi connectivity index (χ0v) is 17.4. The Morgan fingerprint density at radius 3 is 2.27 bits per heavy atom. The van der Waals surface area contributed by atoms with Gasteiger partial charge in [0, 0.05) is 5.69 Å². The minimum Gasteiger partial charge on any atom is -0.374 e. The van der Waals surface area contributed by atoms with E-state index in [1.807, 2.05) is 38.1 Å². The van der Waals surface area contributed by atoms with E-state index in [0.717, 1.165) is 21.7 Å². The number of benzene rings is 2. The van der Waals surface area contributed by atoms with Gasteiger partial charge in [-0.25, -0.2) is 4.90 Å². The van der Waals surface area contributed by atoms with Crippen molar-refractivity contribution in [2.45, 2.75) is 20.8 Å². The molecule has 0 radical (unpaired) electrons. The fraction of sp³-hybridized carbons (Fsp3) is 0.160. The lowest BCUT2D eigenvalue weighted by Gasteiger charge is -2.13. The van der Waals surface area contributed by atoms with Gasteiger partial charge in [-0.1, -0.05) is 50.1 Å². The number of carbonyl (C=O) groups is 2. The van der Waals surface area contributed by atoms with E-state index in [9.17, 15) is 14.9 Å². The molecule has 0 atom stereocenters. The standard InChI is InChI=1S/C23H19N3O2.C2H6/c1-3-5-23(28)26(17-27)22-12-6-18(7-13-22)15-20(16-24)19-8-10-21(11-9-19)25-14-4-2;1-2/h2-3,5-13,15,17,25H,14H2,1H3;1-2H3/b5-3-,20-15+;. The highest BCUT2D eigenvalue weighted by molar-refractivity contribution is 6.12. The molecular weight excluding hydrogens is 374 g/mol. The van der Waals surface area contributed by atoms with Crippen LogP contribution in [-0.2, 0) is 9.59 Å². The van der Waals surface area contributed by atoms with Gasteiger partial charge in [0.2, 0.25) is 6.41 Å². The fourth-order valence-corrected chi connectivity index (χ4v) is 2.46. The number of hydrogen-bond acceptors (Lipinski definition) is 4. The number of amides is 2. The minimum absolute atomic E-state index is 0.419. The molecule has 0 aliphatic rings. The lowest BCUT2D eigenvalue weighted by atomic mass is 10.0. The van der Waals surface area contributed by atoms with Gasteiger partial charge in [-0.05, 0) is 54.5 Å². The highest BCUT2D eigenvalue weighted by atomic mass is 16.2. The average Bonchev–Trinajstić information content (AvgIpc) is 2.79. The van der Waals surface area contributed by atoms with Crippen LogP contribution in [-0.4, -0.2) is 18.9 Å². The SMILES string of the molecule is C#CCNc1ccc(/C(C#N)=C/c2ccc(N(C=O)C(=O)/C=C\C)cc2)cc1.CC. The Bertz CT molecular complexity index is 973. The van der Waals surface area contributed by atoms with E-state index in [1.165, 1.54) is 6.08 Å². The molecule has 2 aromatic rings. The van der Waals surface area contributed by atoms with Crippen LogP contribution in [0.4, 0.5) is 11.4 Å². The van der Waals surface area contributed by atoms with Crippen LogP contribution in [0.1, 0.15) is 31.9 Å². The molecule has 0 saturated carbocycles. The molecule has 0 aliphatic heterocycles. The second-order valence-electron chi connectivity index (χ2n) is 5.71. The average molecular weight is 399 g/mol. The van der Waals surface area contributed by atoms with E-state index in [2.05, 4.69) is 17.3 Å². The van der Waals surface area contributed by atoms with E-state index in [-0.39, 0.29) is 0 Å². The van der Waals surface area contributed by atoms with Gasteiger partial charge in [-0.2, -0.15) is 5.26 Å². The predicted octanol–water partition coefficient (Wildman–Crippen LogP) is 4.89. The second kappa shape index (κ2) is 13.1. The maximum Gasteiger partial charge on any atom is 0.257 e. The number of rotatable bonds is 7. The summed E-state index contributed by atoms with van der Waals surface area (Å²) in [7, 11) is 0. The summed E-state index contributed by atoms with van der Waals surface area (Å²) >= 11 is 0. The van der Waals surface area contributed by atoms with Gasteiger partial charge in [0.25, 0.3) is 5.91 Å². The molecule has 30 heavy (non-hydrogen) atoms. The van der Waals surface area contributed by atoms with E-state index >= 15 is 0 Å². The summed E-state index contributed by atoms with van der Waals surface area (Å²) in [5.41, 5.74) is 3.38. The first-order valence-corrected chi connectivity index (χ1v) is 9.53. The molecule has 0 fully saturated rings. The molecule has 0 unspecified atom stereocenters. The molecule has 0 saturated heterocycles. The topological polar surface area (TPSA) is 73.2 Å². The Labute approximate surface area is 178 Å². The second-order valence-corrected chi connectivity index (χ2v) is 5.71. The number of imide groups is 1. The molecule has 0 spiro atoms. The summed E-state index contributed by atoms with van der Waals surface area (Å²) in [5.74, 6) is 2.08. The van der Waals surface area contributed by atoms with Gasteiger partial charge in [-0.3, -0.25) is 9.59 Å². The first kappa shape index (κ1) is 23.9.